The average Bonchev–Trinajstić information content (AvgIpc) is 2.54. The van der Waals surface area contributed by atoms with Crippen molar-refractivity contribution >= 4 is 46.3 Å². The summed E-state index contributed by atoms with van der Waals surface area (Å²) in [5.41, 5.74) is -0.916. The molecule has 11 heteroatoms. The number of nitro benzene ring substituents is 2. The van der Waals surface area contributed by atoms with Crippen molar-refractivity contribution in [2.24, 2.45) is 0 Å². The van der Waals surface area contributed by atoms with Gasteiger partial charge in [-0.25, -0.2) is 0 Å². The highest BCUT2D eigenvalue weighted by Gasteiger charge is 2.19. The monoisotopic (exact) mass is 382 g/mol. The molecule has 0 saturated carbocycles. The molecule has 25 heavy (non-hydrogen) atoms. The number of nitro groups is 2. The van der Waals surface area contributed by atoms with Crippen LogP contribution in [0.25, 0.3) is 0 Å². The van der Waals surface area contributed by atoms with Crippen LogP contribution < -0.4 is 5.32 Å². The van der Waals surface area contributed by atoms with E-state index in [1.165, 1.54) is 24.3 Å². The first-order valence-electron chi connectivity index (χ1n) is 6.49. The van der Waals surface area contributed by atoms with E-state index in [1.807, 2.05) is 0 Å². The number of amides is 1. The highest BCUT2D eigenvalue weighted by atomic mass is 35.5. The van der Waals surface area contributed by atoms with Gasteiger partial charge in [0, 0.05) is 23.3 Å². The number of rotatable bonds is 4. The second-order valence-corrected chi connectivity index (χ2v) is 5.49. The van der Waals surface area contributed by atoms with Gasteiger partial charge < -0.3 is 5.32 Å². The Kier molecular flexibility index (Phi) is 5.30. The molecule has 2 aromatic carbocycles. The standard InChI is InChI=1S/C14H8Cl2N4O5/c15-9-3-1-7(5-11(9)19(22)23)13(17)18-14(21)8-2-4-10(16)12(6-8)20(24)25/h1-6H,(H2,17,18,21). The summed E-state index contributed by atoms with van der Waals surface area (Å²) < 4.78 is 0. The van der Waals surface area contributed by atoms with Crippen molar-refractivity contribution in [1.29, 1.82) is 5.41 Å². The quantitative estimate of drug-likeness (QED) is 0.360. The lowest BCUT2D eigenvalue weighted by Gasteiger charge is -2.08. The van der Waals surface area contributed by atoms with E-state index in [2.05, 4.69) is 5.32 Å². The molecule has 0 fully saturated rings. The van der Waals surface area contributed by atoms with Gasteiger partial charge in [0.15, 0.2) is 0 Å². The number of hydrogen-bond acceptors (Lipinski definition) is 6. The molecule has 0 spiro atoms. The zero-order valence-corrected chi connectivity index (χ0v) is 13.7. The van der Waals surface area contributed by atoms with Crippen molar-refractivity contribution < 1.29 is 14.6 Å². The molecule has 2 N–H and O–H groups in total. The summed E-state index contributed by atoms with van der Waals surface area (Å²) in [5, 5.41) is 31.5. The number of halogens is 2. The van der Waals surface area contributed by atoms with Crippen LogP contribution in [0.4, 0.5) is 11.4 Å². The van der Waals surface area contributed by atoms with Crippen molar-refractivity contribution in [2.75, 3.05) is 0 Å². The van der Waals surface area contributed by atoms with E-state index < -0.39 is 33.0 Å². The Balaban J connectivity index is 2.25. The SMILES string of the molecule is N=C(NC(=O)c1ccc(Cl)c([N+](=O)[O-])c1)c1ccc(Cl)c([N+](=O)[O-])c1. The molecule has 0 radical (unpaired) electrons. The average molecular weight is 383 g/mol. The van der Waals surface area contributed by atoms with Crippen molar-refractivity contribution in [3.63, 3.8) is 0 Å². The van der Waals surface area contributed by atoms with E-state index in [0.29, 0.717) is 0 Å². The minimum Gasteiger partial charge on any atom is -0.307 e. The van der Waals surface area contributed by atoms with Gasteiger partial charge in [-0.15, -0.1) is 0 Å². The van der Waals surface area contributed by atoms with Crippen molar-refractivity contribution in [3.8, 4) is 0 Å². The maximum Gasteiger partial charge on any atom is 0.288 e. The third-order valence-corrected chi connectivity index (χ3v) is 3.71. The van der Waals surface area contributed by atoms with E-state index in [1.54, 1.807) is 0 Å². The van der Waals surface area contributed by atoms with Gasteiger partial charge in [-0.1, -0.05) is 23.2 Å². The fourth-order valence-corrected chi connectivity index (χ4v) is 2.23. The Morgan fingerprint density at radius 2 is 1.36 bits per heavy atom. The molecule has 0 aliphatic carbocycles. The number of carbonyl (C=O) groups is 1. The second-order valence-electron chi connectivity index (χ2n) is 4.68. The van der Waals surface area contributed by atoms with Crippen molar-refractivity contribution in [1.82, 2.24) is 5.32 Å². The number of benzene rings is 2. The van der Waals surface area contributed by atoms with Crippen molar-refractivity contribution in [2.45, 2.75) is 0 Å². The van der Waals surface area contributed by atoms with E-state index in [0.717, 1.165) is 12.1 Å². The summed E-state index contributed by atoms with van der Waals surface area (Å²) in [5.74, 6) is -1.23. The topological polar surface area (TPSA) is 139 Å². The first-order chi connectivity index (χ1) is 11.7. The van der Waals surface area contributed by atoms with Gasteiger partial charge in [-0.2, -0.15) is 0 Å². The smallest absolute Gasteiger partial charge is 0.288 e. The molecule has 1 amide bonds. The summed E-state index contributed by atoms with van der Waals surface area (Å²) in [6.45, 7) is 0. The highest BCUT2D eigenvalue weighted by molar-refractivity contribution is 6.33. The van der Waals surface area contributed by atoms with E-state index in [-0.39, 0.29) is 21.2 Å². The lowest BCUT2D eigenvalue weighted by atomic mass is 10.1. The molecular formula is C14H8Cl2N4O5. The predicted molar refractivity (Wildman–Crippen MR) is 90.5 cm³/mol. The van der Waals surface area contributed by atoms with Crippen LogP contribution in [-0.2, 0) is 0 Å². The second kappa shape index (κ2) is 7.24. The van der Waals surface area contributed by atoms with Gasteiger partial charge in [-0.05, 0) is 24.3 Å². The summed E-state index contributed by atoms with van der Waals surface area (Å²) in [6, 6.07) is 6.99. The molecule has 0 aromatic heterocycles. The lowest BCUT2D eigenvalue weighted by molar-refractivity contribution is -0.384. The van der Waals surface area contributed by atoms with Crippen LogP contribution in [0.3, 0.4) is 0 Å². The number of nitrogens with one attached hydrogen (secondary N) is 2. The fourth-order valence-electron chi connectivity index (χ4n) is 1.86. The van der Waals surface area contributed by atoms with Crippen LogP contribution in [0.1, 0.15) is 15.9 Å². The molecule has 0 saturated heterocycles. The molecule has 0 atom stereocenters. The molecular weight excluding hydrogens is 375 g/mol. The molecule has 2 aromatic rings. The zero-order chi connectivity index (χ0) is 18.7. The Hall–Kier alpha value is -3.04. The third-order valence-electron chi connectivity index (χ3n) is 3.08. The van der Waals surface area contributed by atoms with Gasteiger partial charge in [0.05, 0.1) is 9.85 Å². The minimum atomic E-state index is -0.803. The van der Waals surface area contributed by atoms with Crippen LogP contribution in [-0.4, -0.2) is 21.6 Å². The lowest BCUT2D eigenvalue weighted by Crippen LogP contribution is -2.30. The van der Waals surface area contributed by atoms with Crippen LogP contribution in [0.5, 0.6) is 0 Å². The van der Waals surface area contributed by atoms with E-state index in [9.17, 15) is 25.0 Å². The number of amidine groups is 1. The Morgan fingerprint density at radius 3 is 1.84 bits per heavy atom. The van der Waals surface area contributed by atoms with Crippen LogP contribution in [0.15, 0.2) is 36.4 Å². The first kappa shape index (κ1) is 18.3. The van der Waals surface area contributed by atoms with Crippen LogP contribution in [0.2, 0.25) is 10.0 Å². The number of hydrogen-bond donors (Lipinski definition) is 2. The summed E-state index contributed by atoms with van der Waals surface area (Å²) in [7, 11) is 0. The molecule has 0 heterocycles. The maximum atomic E-state index is 12.1. The first-order valence-corrected chi connectivity index (χ1v) is 7.24. The molecule has 0 unspecified atom stereocenters. The number of nitrogens with zero attached hydrogens (tertiary/aromatic N) is 2. The van der Waals surface area contributed by atoms with Gasteiger partial charge >= 0.3 is 0 Å². The summed E-state index contributed by atoms with van der Waals surface area (Å²) >= 11 is 11.4. The molecule has 0 aliphatic rings. The van der Waals surface area contributed by atoms with Gasteiger partial charge in [0.25, 0.3) is 17.3 Å². The van der Waals surface area contributed by atoms with E-state index >= 15 is 0 Å². The molecule has 128 valence electrons. The van der Waals surface area contributed by atoms with E-state index in [4.69, 9.17) is 28.6 Å². The largest absolute Gasteiger partial charge is 0.307 e. The number of carbonyl (C=O) groups excluding carboxylic acids is 1. The van der Waals surface area contributed by atoms with Gasteiger partial charge in [0.2, 0.25) is 0 Å². The minimum absolute atomic E-state index is 0.0490. The highest BCUT2D eigenvalue weighted by Crippen LogP contribution is 2.26. The molecule has 0 aliphatic heterocycles. The molecule has 2 rings (SSSR count). The Morgan fingerprint density at radius 1 is 0.920 bits per heavy atom. The molecule has 0 bridgehead atoms. The van der Waals surface area contributed by atoms with Crippen molar-refractivity contribution in [3.05, 3.63) is 77.8 Å². The predicted octanol–water partition coefficient (Wildman–Crippen LogP) is 3.57. The third kappa shape index (κ3) is 4.08. The van der Waals surface area contributed by atoms with Crippen LogP contribution in [0, 0.1) is 25.6 Å². The zero-order valence-electron chi connectivity index (χ0n) is 12.2. The van der Waals surface area contributed by atoms with Gasteiger partial charge in [0.1, 0.15) is 15.9 Å². The normalized spacial score (nSPS) is 10.2. The summed E-state index contributed by atoms with van der Waals surface area (Å²) in [4.78, 5) is 32.4. The molecule has 9 nitrogen and oxygen atoms in total. The fraction of sp³-hybridized carbons (Fsp3) is 0. The summed E-state index contributed by atoms with van der Waals surface area (Å²) in [6.07, 6.45) is 0. The Bertz CT molecular complexity index is 843. The van der Waals surface area contributed by atoms with Gasteiger partial charge in [-0.3, -0.25) is 30.4 Å². The Labute approximate surface area is 150 Å². The van der Waals surface area contributed by atoms with Crippen LogP contribution >= 0.6 is 23.2 Å². The maximum absolute atomic E-state index is 12.1.